The maximum absolute atomic E-state index is 12.0. The van der Waals surface area contributed by atoms with Gasteiger partial charge in [0.05, 0.1) is 0 Å². The number of carbonyl (C=O) groups excluding carboxylic acids is 1. The average molecular weight is 347 g/mol. The number of rotatable bonds is 6. The third-order valence-corrected chi connectivity index (χ3v) is 4.00. The topological polar surface area (TPSA) is 50.4 Å². The van der Waals surface area contributed by atoms with Gasteiger partial charge in [-0.3, -0.25) is 4.79 Å². The molecule has 1 aliphatic rings. The molecule has 128 valence electrons. The second-order valence-electron chi connectivity index (χ2n) is 5.90. The Morgan fingerprint density at radius 2 is 1.92 bits per heavy atom. The van der Waals surface area contributed by atoms with Crippen LogP contribution in [-0.4, -0.2) is 19.0 Å². The molecule has 1 amide bonds. The number of ether oxygens (including phenoxy) is 1. The number of carbonyl (C=O) groups is 1. The highest BCUT2D eigenvalue weighted by molar-refractivity contribution is 5.85. The lowest BCUT2D eigenvalue weighted by Crippen LogP contribution is -2.25. The van der Waals surface area contributed by atoms with Crippen LogP contribution in [0.5, 0.6) is 11.5 Å². The van der Waals surface area contributed by atoms with Crippen LogP contribution in [0.1, 0.15) is 18.4 Å². The van der Waals surface area contributed by atoms with Gasteiger partial charge in [-0.15, -0.1) is 12.4 Å². The molecule has 1 unspecified atom stereocenters. The number of hydrogen-bond donors (Lipinski definition) is 2. The first-order chi connectivity index (χ1) is 11.3. The van der Waals surface area contributed by atoms with Crippen LogP contribution < -0.4 is 15.4 Å². The van der Waals surface area contributed by atoms with Crippen LogP contribution in [0.15, 0.2) is 54.6 Å². The first-order valence-electron chi connectivity index (χ1n) is 8.09. The van der Waals surface area contributed by atoms with Crippen molar-refractivity contribution in [2.24, 2.45) is 5.92 Å². The van der Waals surface area contributed by atoms with Crippen molar-refractivity contribution in [2.45, 2.75) is 19.4 Å². The molecule has 2 N–H and O–H groups in total. The predicted molar refractivity (Wildman–Crippen MR) is 97.6 cm³/mol. The van der Waals surface area contributed by atoms with Crippen molar-refractivity contribution >= 4 is 18.3 Å². The van der Waals surface area contributed by atoms with Gasteiger partial charge in [0, 0.05) is 13.0 Å². The molecule has 4 nitrogen and oxygen atoms in total. The maximum Gasteiger partial charge on any atom is 0.220 e. The number of hydrogen-bond acceptors (Lipinski definition) is 3. The quantitative estimate of drug-likeness (QED) is 0.841. The first kappa shape index (κ1) is 18.3. The largest absolute Gasteiger partial charge is 0.457 e. The van der Waals surface area contributed by atoms with Crippen LogP contribution in [0.3, 0.4) is 0 Å². The predicted octanol–water partition coefficient (Wildman–Crippen LogP) is 3.52. The van der Waals surface area contributed by atoms with Crippen molar-refractivity contribution in [2.75, 3.05) is 13.1 Å². The summed E-state index contributed by atoms with van der Waals surface area (Å²) in [7, 11) is 0. The van der Waals surface area contributed by atoms with E-state index in [0.717, 1.165) is 36.6 Å². The van der Waals surface area contributed by atoms with E-state index >= 15 is 0 Å². The van der Waals surface area contributed by atoms with Crippen LogP contribution >= 0.6 is 12.4 Å². The van der Waals surface area contributed by atoms with Gasteiger partial charge in [-0.2, -0.15) is 0 Å². The Labute approximate surface area is 149 Å². The van der Waals surface area contributed by atoms with E-state index in [4.69, 9.17) is 4.74 Å². The zero-order valence-corrected chi connectivity index (χ0v) is 14.4. The summed E-state index contributed by atoms with van der Waals surface area (Å²) in [6.07, 6.45) is 1.70. The fourth-order valence-corrected chi connectivity index (χ4v) is 2.77. The van der Waals surface area contributed by atoms with Crippen LogP contribution in [0, 0.1) is 5.92 Å². The van der Waals surface area contributed by atoms with Crippen molar-refractivity contribution in [3.63, 3.8) is 0 Å². The lowest BCUT2D eigenvalue weighted by molar-refractivity contribution is -0.122. The Bertz CT molecular complexity index is 643. The van der Waals surface area contributed by atoms with Crippen LogP contribution in [0.2, 0.25) is 0 Å². The summed E-state index contributed by atoms with van der Waals surface area (Å²) in [6, 6.07) is 17.5. The van der Waals surface area contributed by atoms with Gasteiger partial charge in [0.1, 0.15) is 11.5 Å². The molecule has 0 aromatic heterocycles. The summed E-state index contributed by atoms with van der Waals surface area (Å²) >= 11 is 0. The van der Waals surface area contributed by atoms with Crippen molar-refractivity contribution in [1.82, 2.24) is 10.6 Å². The van der Waals surface area contributed by atoms with E-state index in [0.29, 0.717) is 18.9 Å². The first-order valence-corrected chi connectivity index (χ1v) is 8.09. The SMILES string of the molecule is Cl.O=C(CC1CCNC1)NCc1cccc(Oc2ccccc2)c1. The number of halogens is 1. The molecule has 1 fully saturated rings. The highest BCUT2D eigenvalue weighted by Crippen LogP contribution is 2.21. The lowest BCUT2D eigenvalue weighted by Gasteiger charge is -2.10. The molecule has 1 saturated heterocycles. The zero-order chi connectivity index (χ0) is 15.9. The molecule has 2 aromatic rings. The molecule has 3 rings (SSSR count). The third kappa shape index (κ3) is 5.55. The fourth-order valence-electron chi connectivity index (χ4n) is 2.77. The van der Waals surface area contributed by atoms with E-state index in [9.17, 15) is 4.79 Å². The minimum atomic E-state index is 0. The summed E-state index contributed by atoms with van der Waals surface area (Å²) < 4.78 is 5.81. The fraction of sp³-hybridized carbons (Fsp3) is 0.316. The Morgan fingerprint density at radius 1 is 1.12 bits per heavy atom. The Balaban J connectivity index is 0.00000208. The van der Waals surface area contributed by atoms with Gasteiger partial charge in [0.15, 0.2) is 0 Å². The highest BCUT2D eigenvalue weighted by Gasteiger charge is 2.17. The van der Waals surface area contributed by atoms with E-state index < -0.39 is 0 Å². The van der Waals surface area contributed by atoms with E-state index in [2.05, 4.69) is 10.6 Å². The van der Waals surface area contributed by atoms with Crippen LogP contribution in [0.4, 0.5) is 0 Å². The zero-order valence-electron chi connectivity index (χ0n) is 13.5. The highest BCUT2D eigenvalue weighted by atomic mass is 35.5. The lowest BCUT2D eigenvalue weighted by atomic mass is 10.0. The molecule has 1 atom stereocenters. The summed E-state index contributed by atoms with van der Waals surface area (Å²) in [5, 5.41) is 6.28. The van der Waals surface area contributed by atoms with E-state index in [1.807, 2.05) is 54.6 Å². The van der Waals surface area contributed by atoms with Gasteiger partial charge in [0.25, 0.3) is 0 Å². The van der Waals surface area contributed by atoms with Gasteiger partial charge < -0.3 is 15.4 Å². The average Bonchev–Trinajstić information content (AvgIpc) is 3.07. The van der Waals surface area contributed by atoms with Crippen LogP contribution in [0.25, 0.3) is 0 Å². The van der Waals surface area contributed by atoms with Gasteiger partial charge in [-0.1, -0.05) is 30.3 Å². The standard InChI is InChI=1S/C19H22N2O2.ClH/c22-19(12-16-9-10-20-13-16)21-14-15-5-4-8-18(11-15)23-17-6-2-1-3-7-17;/h1-8,11,16,20H,9-10,12-14H2,(H,21,22);1H. The number of para-hydroxylation sites is 1. The van der Waals surface area contributed by atoms with E-state index in [1.54, 1.807) is 0 Å². The molecular formula is C19H23ClN2O2. The maximum atomic E-state index is 12.0. The number of nitrogens with one attached hydrogen (secondary N) is 2. The molecule has 1 heterocycles. The smallest absolute Gasteiger partial charge is 0.220 e. The van der Waals surface area contributed by atoms with Crippen molar-refractivity contribution in [3.8, 4) is 11.5 Å². The van der Waals surface area contributed by atoms with Gasteiger partial charge in [-0.25, -0.2) is 0 Å². The van der Waals surface area contributed by atoms with Crippen molar-refractivity contribution in [3.05, 3.63) is 60.2 Å². The molecule has 2 aromatic carbocycles. The molecule has 24 heavy (non-hydrogen) atoms. The van der Waals surface area contributed by atoms with Gasteiger partial charge in [0.2, 0.25) is 5.91 Å². The van der Waals surface area contributed by atoms with Crippen molar-refractivity contribution in [1.29, 1.82) is 0 Å². The molecular weight excluding hydrogens is 324 g/mol. The Morgan fingerprint density at radius 3 is 2.67 bits per heavy atom. The molecule has 5 heteroatoms. The molecule has 0 bridgehead atoms. The molecule has 1 aliphatic heterocycles. The Hall–Kier alpha value is -2.04. The van der Waals surface area contributed by atoms with E-state index in [1.165, 1.54) is 0 Å². The van der Waals surface area contributed by atoms with Gasteiger partial charge >= 0.3 is 0 Å². The molecule has 0 aliphatic carbocycles. The summed E-state index contributed by atoms with van der Waals surface area (Å²) in [5.74, 6) is 2.18. The summed E-state index contributed by atoms with van der Waals surface area (Å²) in [5.41, 5.74) is 1.04. The minimum Gasteiger partial charge on any atom is -0.457 e. The Kier molecular flexibility index (Phi) is 7.09. The molecule has 0 saturated carbocycles. The van der Waals surface area contributed by atoms with Crippen molar-refractivity contribution < 1.29 is 9.53 Å². The molecule has 0 radical (unpaired) electrons. The second-order valence-corrected chi connectivity index (χ2v) is 5.90. The second kappa shape index (κ2) is 9.30. The van der Waals surface area contributed by atoms with Gasteiger partial charge in [-0.05, 0) is 55.3 Å². The van der Waals surface area contributed by atoms with Crippen LogP contribution in [-0.2, 0) is 11.3 Å². The number of benzene rings is 2. The minimum absolute atomic E-state index is 0. The summed E-state index contributed by atoms with van der Waals surface area (Å²) in [4.78, 5) is 12.0. The normalized spacial score (nSPS) is 16.2. The van der Waals surface area contributed by atoms with E-state index in [-0.39, 0.29) is 18.3 Å². The number of amides is 1. The summed E-state index contributed by atoms with van der Waals surface area (Å²) in [6.45, 7) is 2.51. The monoisotopic (exact) mass is 346 g/mol. The molecule has 0 spiro atoms. The third-order valence-electron chi connectivity index (χ3n) is 4.00.